The highest BCUT2D eigenvalue weighted by atomic mass is 16.4. The van der Waals surface area contributed by atoms with Crippen LogP contribution < -0.4 is 4.90 Å². The fraction of sp³-hybridized carbons (Fsp3) is 0.545. The first kappa shape index (κ1) is 19.1. The molecule has 1 aliphatic carbocycles. The number of nitrogens with zero attached hydrogens (tertiary/aromatic N) is 7. The minimum absolute atomic E-state index is 0.0626. The molecule has 2 aliphatic rings. The van der Waals surface area contributed by atoms with E-state index < -0.39 is 0 Å². The summed E-state index contributed by atoms with van der Waals surface area (Å²) in [6.07, 6.45) is 5.01. The van der Waals surface area contributed by atoms with Crippen LogP contribution in [0.5, 0.6) is 0 Å². The van der Waals surface area contributed by atoms with E-state index in [0.717, 1.165) is 60.8 Å². The van der Waals surface area contributed by atoms with Gasteiger partial charge in [-0.25, -0.2) is 4.98 Å². The number of hydrogen-bond donors (Lipinski definition) is 0. The number of aromatic nitrogens is 4. The second-order valence-electron chi connectivity index (χ2n) is 9.12. The fourth-order valence-electron chi connectivity index (χ4n) is 4.48. The monoisotopic (exact) mass is 405 g/mol. The number of aryl methyl sites for hydroxylation is 1. The molecule has 0 radical (unpaired) electrons. The summed E-state index contributed by atoms with van der Waals surface area (Å²) in [5, 5.41) is 18.8. The van der Waals surface area contributed by atoms with Crippen molar-refractivity contribution in [2.24, 2.45) is 7.05 Å². The van der Waals surface area contributed by atoms with Crippen LogP contribution in [0.3, 0.4) is 0 Å². The van der Waals surface area contributed by atoms with E-state index >= 15 is 0 Å². The van der Waals surface area contributed by atoms with Crippen LogP contribution in [0.2, 0.25) is 0 Å². The van der Waals surface area contributed by atoms with Gasteiger partial charge in [-0.3, -0.25) is 0 Å². The number of benzene rings is 1. The Bertz CT molecular complexity index is 1180. The van der Waals surface area contributed by atoms with Gasteiger partial charge in [0, 0.05) is 37.2 Å². The largest absolute Gasteiger partial charge is 0.438 e. The van der Waals surface area contributed by atoms with Crippen LogP contribution in [0.4, 0.5) is 5.69 Å². The highest BCUT2D eigenvalue weighted by molar-refractivity contribution is 6.01. The third kappa shape index (κ3) is 2.80. The smallest absolute Gasteiger partial charge is 0.198 e. The molecule has 0 amide bonds. The van der Waals surface area contributed by atoms with Gasteiger partial charge >= 0.3 is 0 Å². The summed E-state index contributed by atoms with van der Waals surface area (Å²) in [6.45, 7) is 6.05. The summed E-state index contributed by atoms with van der Waals surface area (Å²) in [5.41, 5.74) is 5.58. The van der Waals surface area contributed by atoms with Crippen molar-refractivity contribution in [3.63, 3.8) is 0 Å². The van der Waals surface area contributed by atoms with Crippen LogP contribution in [0.25, 0.3) is 22.4 Å². The number of hydrogen-bond acceptors (Lipinski definition) is 7. The molecule has 1 aliphatic heterocycles. The molecule has 3 heterocycles. The molecule has 5 rings (SSSR count). The van der Waals surface area contributed by atoms with E-state index in [1.807, 2.05) is 6.92 Å². The van der Waals surface area contributed by atoms with Gasteiger partial charge in [0.2, 0.25) is 0 Å². The van der Waals surface area contributed by atoms with Crippen LogP contribution in [0.15, 0.2) is 10.6 Å². The van der Waals surface area contributed by atoms with Gasteiger partial charge in [-0.05, 0) is 52.8 Å². The summed E-state index contributed by atoms with van der Waals surface area (Å²) >= 11 is 0. The number of anilines is 1. The zero-order chi connectivity index (χ0) is 21.2. The summed E-state index contributed by atoms with van der Waals surface area (Å²) in [4.78, 5) is 11.0. The van der Waals surface area contributed by atoms with Gasteiger partial charge in [0.25, 0.3) is 0 Å². The van der Waals surface area contributed by atoms with Gasteiger partial charge in [-0.15, -0.1) is 0 Å². The normalized spacial score (nSPS) is 21.7. The SMILES string of the molecule is Cc1c(-c2cnn(C)n2)c(N2CCC(C)(N(C)C)C2)c2oc(C3CC3)nc2c1C#N. The average Bonchev–Trinajstić information content (AvgIpc) is 3.11. The first-order valence-electron chi connectivity index (χ1n) is 10.5. The highest BCUT2D eigenvalue weighted by Gasteiger charge is 2.39. The van der Waals surface area contributed by atoms with Crippen LogP contribution in [-0.4, -0.2) is 57.6 Å². The Morgan fingerprint density at radius 2 is 2.10 bits per heavy atom. The van der Waals surface area contributed by atoms with E-state index in [2.05, 4.69) is 47.1 Å². The Hall–Kier alpha value is -2.92. The molecule has 1 saturated carbocycles. The molecule has 0 N–H and O–H groups in total. The lowest BCUT2D eigenvalue weighted by atomic mass is 9.96. The van der Waals surface area contributed by atoms with Gasteiger partial charge in [-0.2, -0.15) is 20.3 Å². The number of rotatable bonds is 4. The van der Waals surface area contributed by atoms with Crippen molar-refractivity contribution < 1.29 is 4.42 Å². The molecule has 0 spiro atoms. The Labute approximate surface area is 176 Å². The second kappa shape index (κ2) is 6.54. The van der Waals surface area contributed by atoms with Crippen molar-refractivity contribution in [1.29, 1.82) is 5.26 Å². The lowest BCUT2D eigenvalue weighted by Gasteiger charge is -2.33. The van der Waals surface area contributed by atoms with E-state index in [-0.39, 0.29) is 5.54 Å². The summed E-state index contributed by atoms with van der Waals surface area (Å²) in [6, 6.07) is 2.38. The van der Waals surface area contributed by atoms with E-state index in [4.69, 9.17) is 9.40 Å². The number of fused-ring (bicyclic) bond motifs is 1. The van der Waals surface area contributed by atoms with Gasteiger partial charge in [-0.1, -0.05) is 0 Å². The van der Waals surface area contributed by atoms with Crippen LogP contribution in [0.1, 0.15) is 49.1 Å². The number of nitriles is 1. The first-order chi connectivity index (χ1) is 14.3. The van der Waals surface area contributed by atoms with E-state index in [0.29, 0.717) is 22.6 Å². The molecule has 1 saturated heterocycles. The molecular weight excluding hydrogens is 378 g/mol. The van der Waals surface area contributed by atoms with Gasteiger partial charge < -0.3 is 14.2 Å². The Morgan fingerprint density at radius 1 is 1.33 bits per heavy atom. The summed E-state index contributed by atoms with van der Waals surface area (Å²) < 4.78 is 6.36. The Morgan fingerprint density at radius 3 is 2.67 bits per heavy atom. The van der Waals surface area contributed by atoms with E-state index in [1.54, 1.807) is 18.0 Å². The predicted octanol–water partition coefficient (Wildman–Crippen LogP) is 3.21. The quantitative estimate of drug-likeness (QED) is 0.659. The van der Waals surface area contributed by atoms with Crippen molar-refractivity contribution in [2.45, 2.75) is 44.6 Å². The van der Waals surface area contributed by atoms with Gasteiger partial charge in [0.15, 0.2) is 11.5 Å². The molecule has 1 atom stereocenters. The standard InChI is InChI=1S/C22H27N7O/c1-13-15(10-23)18-20(30-21(25-18)14-6-7-14)19(17(13)16-11-24-28(5)26-16)29-9-8-22(2,12-29)27(3)4/h11,14H,6-9,12H2,1-5H3. The van der Waals surface area contributed by atoms with E-state index in [9.17, 15) is 5.26 Å². The minimum atomic E-state index is 0.0626. The third-order valence-electron chi connectivity index (χ3n) is 6.82. The molecule has 2 fully saturated rings. The third-order valence-corrected chi connectivity index (χ3v) is 6.82. The van der Waals surface area contributed by atoms with Crippen molar-refractivity contribution in [2.75, 3.05) is 32.1 Å². The zero-order valence-electron chi connectivity index (χ0n) is 18.2. The molecule has 30 heavy (non-hydrogen) atoms. The molecule has 0 bridgehead atoms. The van der Waals surface area contributed by atoms with Crippen molar-refractivity contribution in [1.82, 2.24) is 24.9 Å². The van der Waals surface area contributed by atoms with Crippen LogP contribution in [-0.2, 0) is 7.05 Å². The topological polar surface area (TPSA) is 87.0 Å². The van der Waals surface area contributed by atoms with Crippen molar-refractivity contribution >= 4 is 16.8 Å². The molecule has 8 heteroatoms. The summed E-state index contributed by atoms with van der Waals surface area (Å²) in [7, 11) is 6.07. The number of likely N-dealkylation sites (N-methyl/N-ethyl adjacent to an activating group) is 1. The van der Waals surface area contributed by atoms with Crippen LogP contribution >= 0.6 is 0 Å². The number of oxazole rings is 1. The van der Waals surface area contributed by atoms with Crippen LogP contribution in [0, 0.1) is 18.3 Å². The first-order valence-corrected chi connectivity index (χ1v) is 10.5. The maximum atomic E-state index is 9.98. The highest BCUT2D eigenvalue weighted by Crippen LogP contribution is 2.47. The molecule has 156 valence electrons. The Kier molecular flexibility index (Phi) is 4.16. The Balaban J connectivity index is 1.79. The molecule has 8 nitrogen and oxygen atoms in total. The maximum absolute atomic E-state index is 9.98. The van der Waals surface area contributed by atoms with Gasteiger partial charge in [0.05, 0.1) is 17.4 Å². The molecule has 2 aromatic heterocycles. The average molecular weight is 406 g/mol. The summed E-state index contributed by atoms with van der Waals surface area (Å²) in [5.74, 6) is 1.13. The lowest BCUT2D eigenvalue weighted by Crippen LogP contribution is -2.43. The molecule has 1 aromatic carbocycles. The van der Waals surface area contributed by atoms with Gasteiger partial charge in [0.1, 0.15) is 17.3 Å². The van der Waals surface area contributed by atoms with E-state index in [1.165, 1.54) is 0 Å². The zero-order valence-corrected chi connectivity index (χ0v) is 18.2. The lowest BCUT2D eigenvalue weighted by molar-refractivity contribution is 0.198. The predicted molar refractivity (Wildman–Crippen MR) is 114 cm³/mol. The minimum Gasteiger partial charge on any atom is -0.438 e. The fourth-order valence-corrected chi connectivity index (χ4v) is 4.48. The molecule has 1 unspecified atom stereocenters. The van der Waals surface area contributed by atoms with Crippen molar-refractivity contribution in [3.8, 4) is 17.3 Å². The maximum Gasteiger partial charge on any atom is 0.198 e. The molecule has 3 aromatic rings. The second-order valence-corrected chi connectivity index (χ2v) is 9.12. The van der Waals surface area contributed by atoms with Crippen molar-refractivity contribution in [3.05, 3.63) is 23.2 Å². The molecular formula is C22H27N7O.